The molecule has 1 aliphatic carbocycles. The van der Waals surface area contributed by atoms with E-state index in [2.05, 4.69) is 28.9 Å². The van der Waals surface area contributed by atoms with E-state index in [1.165, 1.54) is 10.6 Å². The van der Waals surface area contributed by atoms with Crippen LogP contribution in [0.25, 0.3) is 17.2 Å². The van der Waals surface area contributed by atoms with E-state index in [0.29, 0.717) is 43.8 Å². The number of carbonyl (C=O) groups excluding carboxylic acids is 1. The predicted octanol–water partition coefficient (Wildman–Crippen LogP) is 4.67. The summed E-state index contributed by atoms with van der Waals surface area (Å²) in [6.45, 7) is 8.81. The second-order valence-corrected chi connectivity index (χ2v) is 9.72. The first-order valence-corrected chi connectivity index (χ1v) is 12.5. The number of nitrogens with zero attached hydrogens (tertiary/aromatic N) is 3. The van der Waals surface area contributed by atoms with Gasteiger partial charge in [-0.25, -0.2) is 4.98 Å². The fourth-order valence-corrected chi connectivity index (χ4v) is 4.59. The lowest BCUT2D eigenvalue weighted by atomic mass is 9.79. The third-order valence-corrected chi connectivity index (χ3v) is 6.63. The van der Waals surface area contributed by atoms with Crippen molar-refractivity contribution in [1.82, 2.24) is 19.6 Å². The summed E-state index contributed by atoms with van der Waals surface area (Å²) in [4.78, 5) is 35.1. The molecule has 2 aromatic heterocycles. The standard InChI is InChI=1S/C27H34N4O4/c1-4-17-34-26(2,3)16-13-22(32)27(14-9-6-10-15-27)35-19-21-18-23(33)31-25(28-21)29-24(30-31)20-11-7-5-8-12-20/h5,7-8,11-12,18H,2,4,6,9-10,13-17,19H2,1,3H3/p+1. The van der Waals surface area contributed by atoms with Crippen LogP contribution in [0.2, 0.25) is 0 Å². The van der Waals surface area contributed by atoms with Gasteiger partial charge in [0.05, 0.1) is 25.8 Å². The lowest BCUT2D eigenvalue weighted by molar-refractivity contribution is -0.153. The van der Waals surface area contributed by atoms with Gasteiger partial charge in [-0.3, -0.25) is 14.7 Å². The maximum atomic E-state index is 13.4. The fraction of sp³-hybridized carbons (Fsp3) is 0.519. The number of H-pyrrole nitrogens is 1. The number of Topliss-reactive ketones (excluding diaryl/α,β-unsaturated/α-hetero) is 1. The molecule has 0 radical (unpaired) electrons. The van der Waals surface area contributed by atoms with E-state index in [9.17, 15) is 9.59 Å². The van der Waals surface area contributed by atoms with Gasteiger partial charge in [-0.15, -0.1) is 0 Å². The molecule has 8 heteroatoms. The van der Waals surface area contributed by atoms with Crippen molar-refractivity contribution in [3.63, 3.8) is 0 Å². The lowest BCUT2D eigenvalue weighted by Gasteiger charge is -2.36. The van der Waals surface area contributed by atoms with Crippen LogP contribution in [0.1, 0.15) is 70.9 Å². The largest absolute Gasteiger partial charge is 0.361 e. The summed E-state index contributed by atoms with van der Waals surface area (Å²) < 4.78 is 13.4. The minimum atomic E-state index is -0.854. The quantitative estimate of drug-likeness (QED) is 0.401. The average molecular weight is 480 g/mol. The van der Waals surface area contributed by atoms with Crippen molar-refractivity contribution < 1.29 is 14.3 Å². The minimum Gasteiger partial charge on any atom is -0.361 e. The third kappa shape index (κ3) is 6.00. The molecule has 1 aliphatic rings. The van der Waals surface area contributed by atoms with Gasteiger partial charge in [0.25, 0.3) is 11.3 Å². The minimum absolute atomic E-state index is 0.0797. The molecule has 1 N–H and O–H groups in total. The van der Waals surface area contributed by atoms with E-state index in [1.807, 2.05) is 37.3 Å². The number of aromatic amines is 1. The SMILES string of the molecule is [CH2+]C(C)(CCC(=O)C1(OCc2cc(=O)n3[nH]c(-c4ccccc4)nc3n2)CCCCC1)OCCC. The normalized spacial score (nSPS) is 17.3. The van der Waals surface area contributed by atoms with Crippen molar-refractivity contribution >= 4 is 11.6 Å². The molecule has 1 fully saturated rings. The Labute approximate surface area is 206 Å². The molecule has 0 aliphatic heterocycles. The number of ether oxygens (including phenoxy) is 2. The van der Waals surface area contributed by atoms with Gasteiger partial charge in [-0.1, -0.05) is 56.5 Å². The van der Waals surface area contributed by atoms with Gasteiger partial charge < -0.3 is 9.47 Å². The first-order valence-electron chi connectivity index (χ1n) is 12.5. The smallest absolute Gasteiger partial charge is 0.274 e. The zero-order chi connectivity index (χ0) is 24.9. The van der Waals surface area contributed by atoms with Gasteiger partial charge in [0.15, 0.2) is 11.6 Å². The molecule has 35 heavy (non-hydrogen) atoms. The van der Waals surface area contributed by atoms with Crippen molar-refractivity contribution in [3.8, 4) is 11.4 Å². The monoisotopic (exact) mass is 479 g/mol. The molecule has 1 atom stereocenters. The van der Waals surface area contributed by atoms with E-state index in [-0.39, 0.29) is 23.7 Å². The van der Waals surface area contributed by atoms with Crippen LogP contribution < -0.4 is 5.56 Å². The Morgan fingerprint density at radius 3 is 2.66 bits per heavy atom. The molecule has 186 valence electrons. The van der Waals surface area contributed by atoms with Crippen LogP contribution in [0.5, 0.6) is 0 Å². The van der Waals surface area contributed by atoms with E-state index in [0.717, 1.165) is 31.2 Å². The number of hydrogen-bond donors (Lipinski definition) is 1. The molecular weight excluding hydrogens is 444 g/mol. The van der Waals surface area contributed by atoms with Gasteiger partial charge in [0, 0.05) is 31.4 Å². The van der Waals surface area contributed by atoms with Crippen molar-refractivity contribution in [2.45, 2.75) is 83.0 Å². The Morgan fingerprint density at radius 1 is 1.20 bits per heavy atom. The highest BCUT2D eigenvalue weighted by molar-refractivity contribution is 5.87. The van der Waals surface area contributed by atoms with Crippen LogP contribution in [0.3, 0.4) is 0 Å². The van der Waals surface area contributed by atoms with Crippen molar-refractivity contribution in [2.24, 2.45) is 0 Å². The summed E-state index contributed by atoms with van der Waals surface area (Å²) in [6.07, 6.45) is 6.12. The predicted molar refractivity (Wildman–Crippen MR) is 134 cm³/mol. The number of aromatic nitrogens is 4. The molecule has 0 amide bonds. The maximum Gasteiger partial charge on any atom is 0.274 e. The van der Waals surface area contributed by atoms with E-state index in [1.54, 1.807) is 0 Å². The molecule has 1 aromatic carbocycles. The summed E-state index contributed by atoms with van der Waals surface area (Å²) in [5, 5.41) is 3.00. The van der Waals surface area contributed by atoms with Crippen LogP contribution in [0.4, 0.5) is 0 Å². The lowest BCUT2D eigenvalue weighted by Crippen LogP contribution is -2.44. The second kappa shape index (κ2) is 10.7. The Hall–Kier alpha value is -2.97. The maximum absolute atomic E-state index is 13.4. The topological polar surface area (TPSA) is 98.6 Å². The average Bonchev–Trinajstić information content (AvgIpc) is 3.31. The van der Waals surface area contributed by atoms with Gasteiger partial charge in [-0.2, -0.15) is 9.50 Å². The number of nitrogens with one attached hydrogen (secondary N) is 1. The van der Waals surface area contributed by atoms with Gasteiger partial charge >= 0.3 is 0 Å². The summed E-state index contributed by atoms with van der Waals surface area (Å²) >= 11 is 0. The second-order valence-electron chi connectivity index (χ2n) is 9.72. The zero-order valence-electron chi connectivity index (χ0n) is 20.7. The summed E-state index contributed by atoms with van der Waals surface area (Å²) in [5.74, 6) is 0.921. The number of carbonyl (C=O) groups is 1. The Balaban J connectivity index is 1.49. The van der Waals surface area contributed by atoms with Gasteiger partial charge in [0.1, 0.15) is 5.60 Å². The summed E-state index contributed by atoms with van der Waals surface area (Å²) in [6, 6.07) is 11.0. The zero-order valence-corrected chi connectivity index (χ0v) is 20.7. The van der Waals surface area contributed by atoms with Crippen molar-refractivity contribution in [3.05, 3.63) is 59.4 Å². The van der Waals surface area contributed by atoms with Gasteiger partial charge in [-0.05, 0) is 19.3 Å². The molecule has 4 rings (SSSR count). The summed E-state index contributed by atoms with van der Waals surface area (Å²) in [5.41, 5.74) is -0.394. The molecule has 8 nitrogen and oxygen atoms in total. The number of fused-ring (bicyclic) bond motifs is 1. The van der Waals surface area contributed by atoms with Crippen molar-refractivity contribution in [2.75, 3.05) is 6.61 Å². The van der Waals surface area contributed by atoms with Gasteiger partial charge in [0.2, 0.25) is 5.60 Å². The van der Waals surface area contributed by atoms with Crippen LogP contribution in [-0.2, 0) is 20.9 Å². The van der Waals surface area contributed by atoms with Crippen LogP contribution in [0.15, 0.2) is 41.2 Å². The van der Waals surface area contributed by atoms with Crippen LogP contribution in [-0.4, -0.2) is 43.2 Å². The van der Waals surface area contributed by atoms with E-state index >= 15 is 0 Å². The van der Waals surface area contributed by atoms with E-state index < -0.39 is 11.2 Å². The molecule has 2 heterocycles. The first-order chi connectivity index (χ1) is 16.8. The number of rotatable bonds is 11. The number of benzene rings is 1. The highest BCUT2D eigenvalue weighted by Crippen LogP contribution is 2.35. The Bertz CT molecular complexity index is 1190. The molecule has 0 saturated heterocycles. The molecule has 1 saturated carbocycles. The molecular formula is C27H35N4O4+. The summed E-state index contributed by atoms with van der Waals surface area (Å²) in [7, 11) is 0. The fourth-order valence-electron chi connectivity index (χ4n) is 4.59. The van der Waals surface area contributed by atoms with Crippen LogP contribution >= 0.6 is 0 Å². The van der Waals surface area contributed by atoms with Crippen molar-refractivity contribution in [1.29, 1.82) is 0 Å². The van der Waals surface area contributed by atoms with Crippen LogP contribution in [0, 0.1) is 6.92 Å². The first kappa shape index (κ1) is 25.1. The molecule has 0 spiro atoms. The van der Waals surface area contributed by atoms with E-state index in [4.69, 9.17) is 9.47 Å². The number of ketones is 1. The highest BCUT2D eigenvalue weighted by Gasteiger charge is 2.41. The Kier molecular flexibility index (Phi) is 7.72. The molecule has 3 aromatic rings. The molecule has 1 unspecified atom stereocenters. The Morgan fingerprint density at radius 2 is 1.94 bits per heavy atom. The number of hydrogen-bond acceptors (Lipinski definition) is 6. The third-order valence-electron chi connectivity index (χ3n) is 6.63. The molecule has 0 bridgehead atoms. The highest BCUT2D eigenvalue weighted by atomic mass is 16.5.